The zero-order valence-electron chi connectivity index (χ0n) is 13.6. The summed E-state index contributed by atoms with van der Waals surface area (Å²) < 4.78 is 9.71. The zero-order valence-corrected chi connectivity index (χ0v) is 13.6. The quantitative estimate of drug-likeness (QED) is 0.380. The lowest BCUT2D eigenvalue weighted by Gasteiger charge is -2.11. The zero-order chi connectivity index (χ0) is 16.1. The van der Waals surface area contributed by atoms with Gasteiger partial charge in [0.1, 0.15) is 5.76 Å². The molecule has 4 nitrogen and oxygen atoms in total. The number of rotatable bonds is 8. The van der Waals surface area contributed by atoms with Gasteiger partial charge in [-0.3, -0.25) is 4.79 Å². The molecule has 0 unspecified atom stereocenters. The molecule has 0 saturated heterocycles. The van der Waals surface area contributed by atoms with Crippen molar-refractivity contribution in [3.8, 4) is 0 Å². The van der Waals surface area contributed by atoms with Crippen LogP contribution < -0.4 is 0 Å². The van der Waals surface area contributed by atoms with E-state index in [9.17, 15) is 9.59 Å². The Morgan fingerprint density at radius 1 is 1.24 bits per heavy atom. The van der Waals surface area contributed by atoms with Gasteiger partial charge in [0, 0.05) is 18.9 Å². The number of carbonyl (C=O) groups is 2. The molecule has 1 aliphatic rings. The van der Waals surface area contributed by atoms with Crippen LogP contribution >= 0.6 is 0 Å². The lowest BCUT2D eigenvalue weighted by Crippen LogP contribution is -2.07. The fraction of sp³-hybridized carbons (Fsp3) is 0.647. The summed E-state index contributed by atoms with van der Waals surface area (Å²) >= 11 is 0. The van der Waals surface area contributed by atoms with E-state index in [-0.39, 0.29) is 11.9 Å². The number of carbonyl (C=O) groups excluding carboxylic acids is 2. The minimum atomic E-state index is -0.237. The summed E-state index contributed by atoms with van der Waals surface area (Å²) in [7, 11) is 0. The number of ether oxygens (including phenoxy) is 2. The van der Waals surface area contributed by atoms with Crippen LogP contribution in [-0.2, 0) is 19.1 Å². The van der Waals surface area contributed by atoms with Gasteiger partial charge >= 0.3 is 11.9 Å². The van der Waals surface area contributed by atoms with Crippen molar-refractivity contribution >= 4 is 11.9 Å². The van der Waals surface area contributed by atoms with Crippen LogP contribution in [0.15, 0.2) is 24.0 Å². The Hall–Kier alpha value is -1.58. The molecule has 0 N–H and O–H groups in total. The third-order valence-electron chi connectivity index (χ3n) is 2.98. The molecule has 0 radical (unpaired) electrons. The first-order valence-corrected chi connectivity index (χ1v) is 7.73. The molecule has 4 heteroatoms. The molecule has 1 rings (SSSR count). The van der Waals surface area contributed by atoms with Gasteiger partial charge in [-0.25, -0.2) is 4.79 Å². The Morgan fingerprint density at radius 2 is 1.90 bits per heavy atom. The lowest BCUT2D eigenvalue weighted by atomic mass is 10.1. The second-order valence-electron chi connectivity index (χ2n) is 4.96. The molecule has 0 aliphatic heterocycles. The van der Waals surface area contributed by atoms with Gasteiger partial charge in [0.15, 0.2) is 0 Å². The minimum Gasteiger partial charge on any atom is -0.462 e. The number of hydrogen-bond donors (Lipinski definition) is 0. The van der Waals surface area contributed by atoms with Gasteiger partial charge in [0.25, 0.3) is 0 Å². The SMILES string of the molecule is C=C(CC)C(=O)OCCCCCC.CC(=O)OC1=CCC1. The molecule has 21 heavy (non-hydrogen) atoms. The number of unbranched alkanes of at least 4 members (excludes halogenated alkanes) is 3. The van der Waals surface area contributed by atoms with Gasteiger partial charge in [-0.2, -0.15) is 0 Å². The van der Waals surface area contributed by atoms with E-state index in [1.54, 1.807) is 0 Å². The Bertz CT molecular complexity index is 369. The van der Waals surface area contributed by atoms with E-state index in [4.69, 9.17) is 9.47 Å². The number of hydrogen-bond acceptors (Lipinski definition) is 4. The summed E-state index contributed by atoms with van der Waals surface area (Å²) in [6.07, 6.45) is 9.11. The number of allylic oxidation sites excluding steroid dienone is 2. The molecule has 120 valence electrons. The van der Waals surface area contributed by atoms with Crippen molar-refractivity contribution in [1.29, 1.82) is 0 Å². The van der Waals surface area contributed by atoms with Crippen molar-refractivity contribution in [2.75, 3.05) is 6.61 Å². The first-order chi connectivity index (χ1) is 10.0. The third-order valence-corrected chi connectivity index (χ3v) is 2.98. The van der Waals surface area contributed by atoms with Crippen molar-refractivity contribution in [3.63, 3.8) is 0 Å². The van der Waals surface area contributed by atoms with Crippen molar-refractivity contribution < 1.29 is 19.1 Å². The monoisotopic (exact) mass is 296 g/mol. The molecule has 0 saturated carbocycles. The third kappa shape index (κ3) is 10.8. The van der Waals surface area contributed by atoms with Crippen molar-refractivity contribution in [2.24, 2.45) is 0 Å². The molecule has 0 heterocycles. The van der Waals surface area contributed by atoms with E-state index in [1.165, 1.54) is 19.8 Å². The van der Waals surface area contributed by atoms with Gasteiger partial charge in [0.2, 0.25) is 0 Å². The predicted octanol–water partition coefficient (Wildman–Crippen LogP) is 4.30. The van der Waals surface area contributed by atoms with Gasteiger partial charge in [-0.05, 0) is 25.3 Å². The summed E-state index contributed by atoms with van der Waals surface area (Å²) in [4.78, 5) is 21.3. The largest absolute Gasteiger partial charge is 0.462 e. The smallest absolute Gasteiger partial charge is 0.333 e. The van der Waals surface area contributed by atoms with Crippen LogP contribution in [0.3, 0.4) is 0 Å². The predicted molar refractivity (Wildman–Crippen MR) is 83.6 cm³/mol. The highest BCUT2D eigenvalue weighted by Gasteiger charge is 2.07. The fourth-order valence-corrected chi connectivity index (χ4v) is 1.48. The Balaban J connectivity index is 0.000000423. The molecular weight excluding hydrogens is 268 g/mol. The highest BCUT2D eigenvalue weighted by molar-refractivity contribution is 5.87. The number of esters is 2. The van der Waals surface area contributed by atoms with Crippen molar-refractivity contribution in [3.05, 3.63) is 24.0 Å². The lowest BCUT2D eigenvalue weighted by molar-refractivity contribution is -0.139. The first kappa shape index (κ1) is 19.4. The van der Waals surface area contributed by atoms with E-state index in [1.807, 2.05) is 13.0 Å². The van der Waals surface area contributed by atoms with Crippen LogP contribution in [0.2, 0.25) is 0 Å². The topological polar surface area (TPSA) is 52.6 Å². The second kappa shape index (κ2) is 12.2. The molecule has 0 aromatic rings. The summed E-state index contributed by atoms with van der Waals surface area (Å²) in [5.41, 5.74) is 0.565. The molecular formula is C17H28O4. The molecule has 0 fully saturated rings. The summed E-state index contributed by atoms with van der Waals surface area (Å²) in [6, 6.07) is 0. The molecule has 0 aromatic carbocycles. The molecule has 0 atom stereocenters. The van der Waals surface area contributed by atoms with Crippen LogP contribution in [0.1, 0.15) is 65.7 Å². The minimum absolute atomic E-state index is 0.212. The van der Waals surface area contributed by atoms with Crippen LogP contribution in [0, 0.1) is 0 Å². The average molecular weight is 296 g/mol. The maximum atomic E-state index is 11.1. The van der Waals surface area contributed by atoms with Crippen LogP contribution in [0.25, 0.3) is 0 Å². The van der Waals surface area contributed by atoms with Crippen LogP contribution in [0.5, 0.6) is 0 Å². The standard InChI is InChI=1S/C11H20O2.C6H8O2/c1-4-6-7-8-9-13-11(12)10(3)5-2;1-5(7)8-6-3-2-4-6/h3-9H2,1-2H3;3H,2,4H2,1H3. The van der Waals surface area contributed by atoms with E-state index >= 15 is 0 Å². The van der Waals surface area contributed by atoms with Crippen molar-refractivity contribution in [2.45, 2.75) is 65.7 Å². The van der Waals surface area contributed by atoms with E-state index in [0.717, 1.165) is 31.4 Å². The normalized spacial score (nSPS) is 12.2. The van der Waals surface area contributed by atoms with Gasteiger partial charge in [-0.15, -0.1) is 0 Å². The first-order valence-electron chi connectivity index (χ1n) is 7.73. The summed E-state index contributed by atoms with van der Waals surface area (Å²) in [5, 5.41) is 0. The average Bonchev–Trinajstić information content (AvgIpc) is 2.42. The maximum absolute atomic E-state index is 11.1. The molecule has 0 aromatic heterocycles. The highest BCUT2D eigenvalue weighted by Crippen LogP contribution is 2.18. The second-order valence-corrected chi connectivity index (χ2v) is 4.96. The Morgan fingerprint density at radius 3 is 2.29 bits per heavy atom. The summed E-state index contributed by atoms with van der Waals surface area (Å²) in [6.45, 7) is 9.63. The molecule has 0 amide bonds. The highest BCUT2D eigenvalue weighted by atomic mass is 16.5. The van der Waals surface area contributed by atoms with E-state index in [0.29, 0.717) is 18.6 Å². The van der Waals surface area contributed by atoms with Crippen molar-refractivity contribution in [1.82, 2.24) is 0 Å². The Kier molecular flexibility index (Phi) is 11.3. The van der Waals surface area contributed by atoms with E-state index in [2.05, 4.69) is 13.5 Å². The van der Waals surface area contributed by atoms with Gasteiger partial charge in [0.05, 0.1) is 6.61 Å². The molecule has 0 bridgehead atoms. The molecule has 0 spiro atoms. The molecule has 1 aliphatic carbocycles. The van der Waals surface area contributed by atoms with Gasteiger partial charge < -0.3 is 9.47 Å². The van der Waals surface area contributed by atoms with Crippen LogP contribution in [0.4, 0.5) is 0 Å². The van der Waals surface area contributed by atoms with Crippen LogP contribution in [-0.4, -0.2) is 18.5 Å². The maximum Gasteiger partial charge on any atom is 0.333 e. The van der Waals surface area contributed by atoms with E-state index < -0.39 is 0 Å². The summed E-state index contributed by atoms with van der Waals surface area (Å²) in [5.74, 6) is 0.382. The van der Waals surface area contributed by atoms with Gasteiger partial charge in [-0.1, -0.05) is 39.7 Å². The fourth-order valence-electron chi connectivity index (χ4n) is 1.48. The Labute approximate surface area is 128 Å².